The highest BCUT2D eigenvalue weighted by atomic mass is 32.2. The maximum absolute atomic E-state index is 12.2. The minimum atomic E-state index is 0.311. The Balaban J connectivity index is 1.25. The zero-order valence-electron chi connectivity index (χ0n) is 12.8. The van der Waals surface area contributed by atoms with E-state index in [0.717, 1.165) is 41.1 Å². The average molecular weight is 329 g/mol. The highest BCUT2D eigenvalue weighted by molar-refractivity contribution is 7.99. The Kier molecular flexibility index (Phi) is 4.03. The molecule has 1 saturated heterocycles. The van der Waals surface area contributed by atoms with E-state index in [1.165, 1.54) is 12.8 Å². The van der Waals surface area contributed by atoms with E-state index >= 15 is 0 Å². The highest BCUT2D eigenvalue weighted by Gasteiger charge is 2.42. The molecule has 2 aliphatic rings. The number of nitrogens with zero attached hydrogens (tertiary/aromatic N) is 4. The SMILES string of the molecule is O=C(CCSc1ccc(-c2nn[nH]n2)cc1)N1CCC2CC2C1. The molecule has 4 rings (SSSR count). The molecule has 120 valence electrons. The summed E-state index contributed by atoms with van der Waals surface area (Å²) in [4.78, 5) is 15.5. The van der Waals surface area contributed by atoms with Crippen molar-refractivity contribution in [3.63, 3.8) is 0 Å². The first kappa shape index (κ1) is 14.7. The van der Waals surface area contributed by atoms with Gasteiger partial charge in [-0.05, 0) is 54.2 Å². The number of carbonyl (C=O) groups is 1. The van der Waals surface area contributed by atoms with Gasteiger partial charge in [-0.15, -0.1) is 22.0 Å². The van der Waals surface area contributed by atoms with Crippen LogP contribution in [0.25, 0.3) is 11.4 Å². The fourth-order valence-electron chi connectivity index (χ4n) is 3.21. The van der Waals surface area contributed by atoms with Crippen LogP contribution >= 0.6 is 11.8 Å². The summed E-state index contributed by atoms with van der Waals surface area (Å²) in [6.07, 6.45) is 3.17. The largest absolute Gasteiger partial charge is 0.342 e. The third-order valence-corrected chi connectivity index (χ3v) is 5.70. The summed E-state index contributed by atoms with van der Waals surface area (Å²) in [5, 5.41) is 13.9. The maximum Gasteiger partial charge on any atom is 0.223 e. The van der Waals surface area contributed by atoms with Crippen molar-refractivity contribution in [1.82, 2.24) is 25.5 Å². The smallest absolute Gasteiger partial charge is 0.223 e. The summed E-state index contributed by atoms with van der Waals surface area (Å²) in [5.74, 6) is 3.46. The number of nitrogens with one attached hydrogen (secondary N) is 1. The molecular formula is C16H19N5OS. The Hall–Kier alpha value is -1.89. The number of carbonyl (C=O) groups excluding carboxylic acids is 1. The maximum atomic E-state index is 12.2. The van der Waals surface area contributed by atoms with E-state index in [0.29, 0.717) is 18.2 Å². The van der Waals surface area contributed by atoms with Gasteiger partial charge < -0.3 is 4.90 Å². The second-order valence-electron chi connectivity index (χ2n) is 6.24. The second-order valence-corrected chi connectivity index (χ2v) is 7.41. The van der Waals surface area contributed by atoms with E-state index in [1.807, 2.05) is 24.3 Å². The first-order valence-electron chi connectivity index (χ1n) is 8.04. The number of hydrogen-bond donors (Lipinski definition) is 1. The molecule has 0 bridgehead atoms. The number of thioether (sulfide) groups is 1. The minimum Gasteiger partial charge on any atom is -0.342 e. The minimum absolute atomic E-state index is 0.311. The molecular weight excluding hydrogens is 310 g/mol. The van der Waals surface area contributed by atoms with Gasteiger partial charge in [0.05, 0.1) is 0 Å². The van der Waals surface area contributed by atoms with Crippen LogP contribution in [0.1, 0.15) is 19.3 Å². The standard InChI is InChI=1S/C16H19N5OS/c22-15(21-7-5-12-9-13(12)10-21)6-8-23-14-3-1-11(2-4-14)16-17-19-20-18-16/h1-4,12-13H,5-10H2,(H,17,18,19,20). The molecule has 2 unspecified atom stereocenters. The summed E-state index contributed by atoms with van der Waals surface area (Å²) < 4.78 is 0. The van der Waals surface area contributed by atoms with Gasteiger partial charge in [0.2, 0.25) is 11.7 Å². The molecule has 1 aliphatic heterocycles. The molecule has 1 aromatic carbocycles. The number of rotatable bonds is 5. The van der Waals surface area contributed by atoms with Crippen molar-refractivity contribution in [3.8, 4) is 11.4 Å². The fourth-order valence-corrected chi connectivity index (χ4v) is 4.05. The van der Waals surface area contributed by atoms with Crippen molar-refractivity contribution >= 4 is 17.7 Å². The van der Waals surface area contributed by atoms with Crippen molar-refractivity contribution in [1.29, 1.82) is 0 Å². The molecule has 1 aromatic heterocycles. The Bertz CT molecular complexity index is 672. The molecule has 2 atom stereocenters. The van der Waals surface area contributed by atoms with Crippen molar-refractivity contribution < 1.29 is 4.79 Å². The van der Waals surface area contributed by atoms with Crippen LogP contribution in [0.15, 0.2) is 29.2 Å². The molecule has 7 heteroatoms. The Labute approximate surface area is 139 Å². The van der Waals surface area contributed by atoms with Crippen LogP contribution in [0.2, 0.25) is 0 Å². The average Bonchev–Trinajstić information content (AvgIpc) is 3.16. The van der Waals surface area contributed by atoms with Crippen molar-refractivity contribution in [2.24, 2.45) is 11.8 Å². The molecule has 2 heterocycles. The first-order valence-corrected chi connectivity index (χ1v) is 9.02. The monoisotopic (exact) mass is 329 g/mol. The summed E-state index contributed by atoms with van der Waals surface area (Å²) in [6.45, 7) is 1.96. The molecule has 2 aromatic rings. The van der Waals surface area contributed by atoms with Crippen LogP contribution in [-0.4, -0.2) is 50.3 Å². The van der Waals surface area contributed by atoms with Gasteiger partial charge in [-0.1, -0.05) is 0 Å². The van der Waals surface area contributed by atoms with E-state index < -0.39 is 0 Å². The lowest BCUT2D eigenvalue weighted by atomic mass is 10.1. The summed E-state index contributed by atoms with van der Waals surface area (Å²) in [5.41, 5.74) is 0.937. The fraction of sp³-hybridized carbons (Fsp3) is 0.500. The third kappa shape index (κ3) is 3.39. The molecule has 6 nitrogen and oxygen atoms in total. The van der Waals surface area contributed by atoms with Crippen LogP contribution in [0.3, 0.4) is 0 Å². The zero-order valence-corrected chi connectivity index (χ0v) is 13.6. The van der Waals surface area contributed by atoms with Crippen LogP contribution in [0.4, 0.5) is 0 Å². The Morgan fingerprint density at radius 1 is 1.30 bits per heavy atom. The van der Waals surface area contributed by atoms with Crippen LogP contribution in [0.5, 0.6) is 0 Å². The lowest BCUT2D eigenvalue weighted by Crippen LogP contribution is -2.37. The Morgan fingerprint density at radius 2 is 2.17 bits per heavy atom. The number of piperidine rings is 1. The molecule has 1 N–H and O–H groups in total. The molecule has 1 amide bonds. The van der Waals surface area contributed by atoms with Crippen molar-refractivity contribution in [2.45, 2.75) is 24.2 Å². The number of tetrazole rings is 1. The topological polar surface area (TPSA) is 74.8 Å². The molecule has 1 saturated carbocycles. The molecule has 2 fully saturated rings. The number of H-pyrrole nitrogens is 1. The number of likely N-dealkylation sites (tertiary alicyclic amines) is 1. The van der Waals surface area contributed by atoms with E-state index in [-0.39, 0.29) is 0 Å². The number of amides is 1. The zero-order chi connectivity index (χ0) is 15.6. The molecule has 23 heavy (non-hydrogen) atoms. The van der Waals surface area contributed by atoms with Gasteiger partial charge in [-0.25, -0.2) is 0 Å². The van der Waals surface area contributed by atoms with Crippen molar-refractivity contribution in [2.75, 3.05) is 18.8 Å². The van der Waals surface area contributed by atoms with E-state index in [4.69, 9.17) is 0 Å². The Morgan fingerprint density at radius 3 is 2.91 bits per heavy atom. The van der Waals surface area contributed by atoms with Gasteiger partial charge in [0, 0.05) is 35.7 Å². The molecule has 1 aliphatic carbocycles. The van der Waals surface area contributed by atoms with E-state index in [1.54, 1.807) is 11.8 Å². The third-order valence-electron chi connectivity index (χ3n) is 4.69. The van der Waals surface area contributed by atoms with Crippen LogP contribution in [-0.2, 0) is 4.79 Å². The van der Waals surface area contributed by atoms with Crippen LogP contribution < -0.4 is 0 Å². The van der Waals surface area contributed by atoms with Gasteiger partial charge in [0.25, 0.3) is 0 Å². The van der Waals surface area contributed by atoms with E-state index in [9.17, 15) is 4.79 Å². The lowest BCUT2D eigenvalue weighted by Gasteiger charge is -2.26. The van der Waals surface area contributed by atoms with Gasteiger partial charge >= 0.3 is 0 Å². The predicted octanol–water partition coefficient (Wildman–Crippen LogP) is 2.22. The molecule has 0 radical (unpaired) electrons. The first-order chi connectivity index (χ1) is 11.3. The van der Waals surface area contributed by atoms with Crippen molar-refractivity contribution in [3.05, 3.63) is 24.3 Å². The highest BCUT2D eigenvalue weighted by Crippen LogP contribution is 2.44. The predicted molar refractivity (Wildman–Crippen MR) is 87.7 cm³/mol. The van der Waals surface area contributed by atoms with Gasteiger partial charge in [-0.2, -0.15) is 5.21 Å². The number of aromatic amines is 1. The molecule has 0 spiro atoms. The number of aromatic nitrogens is 4. The second kappa shape index (κ2) is 6.31. The summed E-state index contributed by atoms with van der Waals surface area (Å²) in [6, 6.07) is 8.03. The van der Waals surface area contributed by atoms with Crippen LogP contribution in [0, 0.1) is 11.8 Å². The summed E-state index contributed by atoms with van der Waals surface area (Å²) in [7, 11) is 0. The lowest BCUT2D eigenvalue weighted by molar-refractivity contribution is -0.131. The van der Waals surface area contributed by atoms with Gasteiger partial charge in [-0.3, -0.25) is 4.79 Å². The quantitative estimate of drug-likeness (QED) is 0.851. The van der Waals surface area contributed by atoms with E-state index in [2.05, 4.69) is 25.5 Å². The number of hydrogen-bond acceptors (Lipinski definition) is 5. The van der Waals surface area contributed by atoms with Gasteiger partial charge in [0.1, 0.15) is 0 Å². The van der Waals surface area contributed by atoms with Gasteiger partial charge in [0.15, 0.2) is 0 Å². The summed E-state index contributed by atoms with van der Waals surface area (Å²) >= 11 is 1.72. The normalized spacial score (nSPS) is 22.7. The number of benzene rings is 1. The number of fused-ring (bicyclic) bond motifs is 1.